The van der Waals surface area contributed by atoms with E-state index in [4.69, 9.17) is 16.3 Å². The number of thioether (sulfide) groups is 1. The van der Waals surface area contributed by atoms with Crippen molar-refractivity contribution in [2.24, 2.45) is 0 Å². The molecule has 0 spiro atoms. The van der Waals surface area contributed by atoms with Gasteiger partial charge in [0.2, 0.25) is 0 Å². The molecule has 0 radical (unpaired) electrons. The fourth-order valence-corrected chi connectivity index (χ4v) is 3.64. The van der Waals surface area contributed by atoms with Gasteiger partial charge in [0.1, 0.15) is 18.2 Å². The van der Waals surface area contributed by atoms with Gasteiger partial charge in [-0.25, -0.2) is 4.39 Å². The lowest BCUT2D eigenvalue weighted by Gasteiger charge is -2.10. The molecule has 27 heavy (non-hydrogen) atoms. The Hall–Kier alpha value is -2.31. The molecule has 1 aliphatic heterocycles. The summed E-state index contributed by atoms with van der Waals surface area (Å²) in [7, 11) is 0. The molecule has 2 aromatic carbocycles. The van der Waals surface area contributed by atoms with Gasteiger partial charge in [0, 0.05) is 6.54 Å². The van der Waals surface area contributed by atoms with Crippen molar-refractivity contribution in [2.75, 3.05) is 6.54 Å². The first-order valence-corrected chi connectivity index (χ1v) is 9.59. The van der Waals surface area contributed by atoms with Crippen LogP contribution in [0.4, 0.5) is 9.18 Å². The maximum absolute atomic E-state index is 12.9. The highest BCUT2D eigenvalue weighted by molar-refractivity contribution is 8.18. The minimum Gasteiger partial charge on any atom is -0.487 e. The number of amides is 2. The SMILES string of the molecule is CCCN1C(=O)SC(=Cc2ccc(OCc3ccc(F)cc3)c(Cl)c2)C1=O. The van der Waals surface area contributed by atoms with Crippen molar-refractivity contribution in [2.45, 2.75) is 20.0 Å². The average Bonchev–Trinajstić information content (AvgIpc) is 2.90. The van der Waals surface area contributed by atoms with E-state index in [0.29, 0.717) is 27.8 Å². The van der Waals surface area contributed by atoms with Crippen LogP contribution < -0.4 is 4.74 Å². The van der Waals surface area contributed by atoms with Gasteiger partial charge in [-0.1, -0.05) is 36.7 Å². The zero-order chi connectivity index (χ0) is 19.4. The predicted molar refractivity (Wildman–Crippen MR) is 105 cm³/mol. The minimum absolute atomic E-state index is 0.251. The molecular formula is C20H17ClFNO3S. The van der Waals surface area contributed by atoms with Gasteiger partial charge in [-0.3, -0.25) is 14.5 Å². The molecular weight excluding hydrogens is 389 g/mol. The molecule has 4 nitrogen and oxygen atoms in total. The van der Waals surface area contributed by atoms with E-state index in [2.05, 4.69) is 0 Å². The Balaban J connectivity index is 1.70. The minimum atomic E-state index is -0.301. The van der Waals surface area contributed by atoms with E-state index in [0.717, 1.165) is 23.7 Å². The first kappa shape index (κ1) is 19.5. The number of ether oxygens (including phenoxy) is 1. The van der Waals surface area contributed by atoms with Crippen molar-refractivity contribution >= 4 is 40.6 Å². The Morgan fingerprint density at radius 1 is 1.19 bits per heavy atom. The Bertz CT molecular complexity index is 899. The van der Waals surface area contributed by atoms with Crippen molar-refractivity contribution in [3.8, 4) is 5.75 Å². The number of carbonyl (C=O) groups excluding carboxylic acids is 2. The van der Waals surface area contributed by atoms with Crippen molar-refractivity contribution in [1.29, 1.82) is 0 Å². The summed E-state index contributed by atoms with van der Waals surface area (Å²) in [5.74, 6) is -0.0960. The molecule has 0 atom stereocenters. The van der Waals surface area contributed by atoms with Gasteiger partial charge in [-0.15, -0.1) is 0 Å². The van der Waals surface area contributed by atoms with Crippen LogP contribution in [-0.4, -0.2) is 22.6 Å². The zero-order valence-corrected chi connectivity index (χ0v) is 16.1. The summed E-state index contributed by atoms with van der Waals surface area (Å²) in [4.78, 5) is 25.8. The molecule has 3 rings (SSSR count). The Kier molecular flexibility index (Phi) is 6.19. The number of carbonyl (C=O) groups is 2. The maximum atomic E-state index is 12.9. The van der Waals surface area contributed by atoms with Crippen molar-refractivity contribution in [3.05, 3.63) is 69.3 Å². The van der Waals surface area contributed by atoms with Gasteiger partial charge in [0.05, 0.1) is 9.93 Å². The quantitative estimate of drug-likeness (QED) is 0.595. The summed E-state index contributed by atoms with van der Waals surface area (Å²) in [6.45, 7) is 2.59. The third-order valence-corrected chi connectivity index (χ3v) is 5.08. The molecule has 7 heteroatoms. The van der Waals surface area contributed by atoms with E-state index in [-0.39, 0.29) is 23.6 Å². The lowest BCUT2D eigenvalue weighted by molar-refractivity contribution is -0.122. The van der Waals surface area contributed by atoms with Gasteiger partial charge < -0.3 is 4.74 Å². The van der Waals surface area contributed by atoms with Gasteiger partial charge >= 0.3 is 0 Å². The third-order valence-electron chi connectivity index (χ3n) is 3.88. The summed E-state index contributed by atoms with van der Waals surface area (Å²) < 4.78 is 18.6. The fourth-order valence-electron chi connectivity index (χ4n) is 2.53. The zero-order valence-electron chi connectivity index (χ0n) is 14.6. The second-order valence-electron chi connectivity index (χ2n) is 5.94. The Morgan fingerprint density at radius 3 is 2.59 bits per heavy atom. The van der Waals surface area contributed by atoms with Crippen molar-refractivity contribution in [3.63, 3.8) is 0 Å². The fraction of sp³-hybridized carbons (Fsp3) is 0.200. The molecule has 1 aliphatic rings. The van der Waals surface area contributed by atoms with Crippen LogP contribution in [0.25, 0.3) is 6.08 Å². The number of rotatable bonds is 6. The highest BCUT2D eigenvalue weighted by Crippen LogP contribution is 2.34. The molecule has 0 aliphatic carbocycles. The number of halogens is 2. The largest absolute Gasteiger partial charge is 0.487 e. The van der Waals surface area contributed by atoms with E-state index in [1.54, 1.807) is 36.4 Å². The second kappa shape index (κ2) is 8.59. The van der Waals surface area contributed by atoms with Crippen LogP contribution in [0.15, 0.2) is 47.4 Å². The highest BCUT2D eigenvalue weighted by atomic mass is 35.5. The molecule has 0 saturated carbocycles. The smallest absolute Gasteiger partial charge is 0.293 e. The van der Waals surface area contributed by atoms with Crippen LogP contribution in [0, 0.1) is 5.82 Å². The van der Waals surface area contributed by atoms with Gasteiger partial charge in [0.25, 0.3) is 11.1 Å². The highest BCUT2D eigenvalue weighted by Gasteiger charge is 2.34. The van der Waals surface area contributed by atoms with Crippen LogP contribution in [0.5, 0.6) is 5.75 Å². The van der Waals surface area contributed by atoms with Crippen LogP contribution in [0.1, 0.15) is 24.5 Å². The summed E-state index contributed by atoms with van der Waals surface area (Å²) in [6.07, 6.45) is 2.37. The van der Waals surface area contributed by atoms with Crippen LogP contribution in [0.2, 0.25) is 5.02 Å². The number of imide groups is 1. The third kappa shape index (κ3) is 4.70. The molecule has 0 bridgehead atoms. The van der Waals surface area contributed by atoms with Crippen LogP contribution in [0.3, 0.4) is 0 Å². The molecule has 2 aromatic rings. The second-order valence-corrected chi connectivity index (χ2v) is 7.34. The normalized spacial score (nSPS) is 15.7. The van der Waals surface area contributed by atoms with Gasteiger partial charge in [-0.2, -0.15) is 0 Å². The lowest BCUT2D eigenvalue weighted by atomic mass is 10.2. The predicted octanol–water partition coefficient (Wildman–Crippen LogP) is 5.50. The van der Waals surface area contributed by atoms with E-state index >= 15 is 0 Å². The topological polar surface area (TPSA) is 46.6 Å². The molecule has 1 saturated heterocycles. The number of benzene rings is 2. The molecule has 1 heterocycles. The van der Waals surface area contributed by atoms with Crippen LogP contribution in [-0.2, 0) is 11.4 Å². The summed E-state index contributed by atoms with van der Waals surface area (Å²) in [6, 6.07) is 11.2. The van der Waals surface area contributed by atoms with Crippen molar-refractivity contribution < 1.29 is 18.7 Å². The monoisotopic (exact) mass is 405 g/mol. The first-order valence-electron chi connectivity index (χ1n) is 8.40. The molecule has 2 amide bonds. The average molecular weight is 406 g/mol. The number of hydrogen-bond donors (Lipinski definition) is 0. The number of hydrogen-bond acceptors (Lipinski definition) is 4. The van der Waals surface area contributed by atoms with E-state index in [1.165, 1.54) is 17.0 Å². The van der Waals surface area contributed by atoms with E-state index < -0.39 is 0 Å². The molecule has 0 unspecified atom stereocenters. The molecule has 0 N–H and O–H groups in total. The Morgan fingerprint density at radius 2 is 1.93 bits per heavy atom. The summed E-state index contributed by atoms with van der Waals surface area (Å²) in [5.41, 5.74) is 1.53. The molecule has 0 aromatic heterocycles. The molecule has 140 valence electrons. The van der Waals surface area contributed by atoms with Crippen molar-refractivity contribution in [1.82, 2.24) is 4.90 Å². The first-order chi connectivity index (χ1) is 13.0. The number of nitrogens with zero attached hydrogens (tertiary/aromatic N) is 1. The standard InChI is InChI=1S/C20H17ClFNO3S/c1-2-9-23-19(24)18(27-20(23)25)11-14-5-8-17(16(21)10-14)26-12-13-3-6-15(22)7-4-13/h3-8,10-11H,2,9,12H2,1H3. The Labute approximate surface area is 166 Å². The van der Waals surface area contributed by atoms with Gasteiger partial charge in [-0.05, 0) is 59.7 Å². The summed E-state index contributed by atoms with van der Waals surface area (Å²) in [5, 5.41) is 0.136. The van der Waals surface area contributed by atoms with Gasteiger partial charge in [0.15, 0.2) is 0 Å². The van der Waals surface area contributed by atoms with E-state index in [9.17, 15) is 14.0 Å². The van der Waals surface area contributed by atoms with E-state index in [1.807, 2.05) is 6.92 Å². The maximum Gasteiger partial charge on any atom is 0.293 e. The van der Waals surface area contributed by atoms with Crippen LogP contribution >= 0.6 is 23.4 Å². The lowest BCUT2D eigenvalue weighted by Crippen LogP contribution is -2.28. The molecule has 1 fully saturated rings. The summed E-state index contributed by atoms with van der Waals surface area (Å²) >= 11 is 7.20.